The second-order valence-electron chi connectivity index (χ2n) is 4.21. The molecule has 5 heteroatoms. The van der Waals surface area contributed by atoms with Crippen LogP contribution < -0.4 is 0 Å². The maximum Gasteiger partial charge on any atom is 0.133 e. The van der Waals surface area contributed by atoms with Crippen LogP contribution >= 0.6 is 35.0 Å². The predicted octanol–water partition coefficient (Wildman–Crippen LogP) is 5.23. The molecule has 0 saturated carbocycles. The number of aromatic nitrogens is 2. The molecule has 0 spiro atoms. The molecular weight excluding hydrogens is 311 g/mol. The van der Waals surface area contributed by atoms with E-state index in [1.807, 2.05) is 36.4 Å². The summed E-state index contributed by atoms with van der Waals surface area (Å²) >= 11 is 13.9. The van der Waals surface area contributed by atoms with Crippen LogP contribution in [0.2, 0.25) is 10.2 Å². The normalized spacial score (nSPS) is 10.9. The van der Waals surface area contributed by atoms with Crippen molar-refractivity contribution in [2.24, 2.45) is 0 Å². The Morgan fingerprint density at radius 2 is 1.90 bits per heavy atom. The highest BCUT2D eigenvalue weighted by molar-refractivity contribution is 7.98. The molecule has 0 saturated heterocycles. The molecule has 3 rings (SSSR count). The van der Waals surface area contributed by atoms with Gasteiger partial charge in [-0.05, 0) is 24.3 Å². The second kappa shape index (κ2) is 6.00. The van der Waals surface area contributed by atoms with Crippen LogP contribution in [0.25, 0.3) is 10.9 Å². The van der Waals surface area contributed by atoms with Gasteiger partial charge in [0.15, 0.2) is 0 Å². The van der Waals surface area contributed by atoms with Gasteiger partial charge < -0.3 is 0 Å². The van der Waals surface area contributed by atoms with Crippen LogP contribution in [0.3, 0.4) is 0 Å². The van der Waals surface area contributed by atoms with Crippen molar-refractivity contribution >= 4 is 45.9 Å². The first-order valence-corrected chi connectivity index (χ1v) is 7.75. The average Bonchev–Trinajstić information content (AvgIpc) is 2.46. The molecule has 20 heavy (non-hydrogen) atoms. The third kappa shape index (κ3) is 2.90. The van der Waals surface area contributed by atoms with Gasteiger partial charge in [0.05, 0.1) is 10.5 Å². The molecule has 0 aliphatic heterocycles. The number of para-hydroxylation sites is 1. The van der Waals surface area contributed by atoms with Crippen LogP contribution in [0, 0.1) is 0 Å². The van der Waals surface area contributed by atoms with Crippen molar-refractivity contribution in [2.45, 2.75) is 10.8 Å². The van der Waals surface area contributed by atoms with Crippen LogP contribution in [-0.2, 0) is 5.75 Å². The first-order chi connectivity index (χ1) is 9.74. The molecule has 0 aliphatic carbocycles. The number of benzene rings is 1. The Hall–Kier alpha value is -1.29. The Kier molecular flexibility index (Phi) is 4.10. The smallest absolute Gasteiger partial charge is 0.133 e. The first kappa shape index (κ1) is 13.7. The standard InChI is InChI=1S/C15H10Cl2N2S/c16-12-5-3-7-18-15(12)20-9-11-8-10-4-1-2-6-13(10)19-14(11)17/h1-8H,9H2. The summed E-state index contributed by atoms with van der Waals surface area (Å²) in [5.41, 5.74) is 1.89. The van der Waals surface area contributed by atoms with Crippen molar-refractivity contribution in [1.29, 1.82) is 0 Å². The van der Waals surface area contributed by atoms with E-state index in [1.165, 1.54) is 0 Å². The fourth-order valence-electron chi connectivity index (χ4n) is 1.86. The van der Waals surface area contributed by atoms with Gasteiger partial charge in [0.25, 0.3) is 0 Å². The van der Waals surface area contributed by atoms with E-state index in [9.17, 15) is 0 Å². The minimum absolute atomic E-state index is 0.531. The molecule has 0 atom stereocenters. The zero-order valence-corrected chi connectivity index (χ0v) is 12.7. The molecule has 2 aromatic heterocycles. The van der Waals surface area contributed by atoms with Crippen molar-refractivity contribution in [3.05, 3.63) is 64.4 Å². The number of hydrogen-bond acceptors (Lipinski definition) is 3. The minimum Gasteiger partial charge on any atom is -0.248 e. The van der Waals surface area contributed by atoms with Gasteiger partial charge in [-0.25, -0.2) is 9.97 Å². The first-order valence-electron chi connectivity index (χ1n) is 6.01. The van der Waals surface area contributed by atoms with E-state index in [1.54, 1.807) is 18.0 Å². The van der Waals surface area contributed by atoms with Gasteiger partial charge in [0.2, 0.25) is 0 Å². The lowest BCUT2D eigenvalue weighted by Gasteiger charge is -2.06. The number of pyridine rings is 2. The summed E-state index contributed by atoms with van der Waals surface area (Å²) < 4.78 is 0. The van der Waals surface area contributed by atoms with Gasteiger partial charge in [-0.15, -0.1) is 11.8 Å². The van der Waals surface area contributed by atoms with E-state index in [0.717, 1.165) is 21.5 Å². The summed E-state index contributed by atoms with van der Waals surface area (Å²) in [6, 6.07) is 13.6. The molecule has 0 unspecified atom stereocenters. The van der Waals surface area contributed by atoms with Crippen molar-refractivity contribution in [2.75, 3.05) is 0 Å². The maximum absolute atomic E-state index is 6.23. The van der Waals surface area contributed by atoms with Gasteiger partial charge in [-0.1, -0.05) is 41.4 Å². The average molecular weight is 321 g/mol. The minimum atomic E-state index is 0.531. The number of hydrogen-bond donors (Lipinski definition) is 0. The van der Waals surface area contributed by atoms with E-state index in [0.29, 0.717) is 15.9 Å². The van der Waals surface area contributed by atoms with E-state index in [2.05, 4.69) is 16.0 Å². The molecule has 3 aromatic rings. The molecule has 0 amide bonds. The highest BCUT2D eigenvalue weighted by Crippen LogP contribution is 2.30. The summed E-state index contributed by atoms with van der Waals surface area (Å²) in [6.07, 6.45) is 1.73. The van der Waals surface area contributed by atoms with Gasteiger partial charge in [0.1, 0.15) is 10.2 Å². The van der Waals surface area contributed by atoms with Crippen LogP contribution in [-0.4, -0.2) is 9.97 Å². The zero-order chi connectivity index (χ0) is 13.9. The third-order valence-corrected chi connectivity index (χ3v) is 4.64. The number of halogens is 2. The zero-order valence-electron chi connectivity index (χ0n) is 10.4. The van der Waals surface area contributed by atoms with Gasteiger partial charge in [-0.2, -0.15) is 0 Å². The maximum atomic E-state index is 6.23. The molecule has 0 fully saturated rings. The third-order valence-electron chi connectivity index (χ3n) is 2.84. The molecule has 2 heterocycles. The highest BCUT2D eigenvalue weighted by Gasteiger charge is 2.07. The topological polar surface area (TPSA) is 25.8 Å². The summed E-state index contributed by atoms with van der Waals surface area (Å²) in [4.78, 5) is 8.66. The van der Waals surface area contributed by atoms with Crippen LogP contribution in [0.1, 0.15) is 5.56 Å². The fourth-order valence-corrected chi connectivity index (χ4v) is 3.29. The summed E-state index contributed by atoms with van der Waals surface area (Å²) in [7, 11) is 0. The number of rotatable bonds is 3. The molecule has 0 N–H and O–H groups in total. The highest BCUT2D eigenvalue weighted by atomic mass is 35.5. The van der Waals surface area contributed by atoms with E-state index in [4.69, 9.17) is 23.2 Å². The lowest BCUT2D eigenvalue weighted by Crippen LogP contribution is -1.89. The number of nitrogens with zero attached hydrogens (tertiary/aromatic N) is 2. The lowest BCUT2D eigenvalue weighted by molar-refractivity contribution is 1.13. The van der Waals surface area contributed by atoms with Gasteiger partial charge in [-0.3, -0.25) is 0 Å². The number of thioether (sulfide) groups is 1. The summed E-state index contributed by atoms with van der Waals surface area (Å²) in [5, 5.41) is 3.07. The second-order valence-corrected chi connectivity index (χ2v) is 5.94. The van der Waals surface area contributed by atoms with Crippen molar-refractivity contribution in [3.63, 3.8) is 0 Å². The monoisotopic (exact) mass is 320 g/mol. The van der Waals surface area contributed by atoms with Crippen molar-refractivity contribution in [1.82, 2.24) is 9.97 Å². The molecule has 2 nitrogen and oxygen atoms in total. The predicted molar refractivity (Wildman–Crippen MR) is 85.6 cm³/mol. The van der Waals surface area contributed by atoms with Crippen molar-refractivity contribution < 1.29 is 0 Å². The Labute approximate surface area is 131 Å². The van der Waals surface area contributed by atoms with Gasteiger partial charge in [0, 0.05) is 22.9 Å². The Balaban J connectivity index is 1.87. The van der Waals surface area contributed by atoms with Crippen LogP contribution in [0.4, 0.5) is 0 Å². The molecular formula is C15H10Cl2N2S. The Bertz CT molecular complexity index is 762. The van der Waals surface area contributed by atoms with Crippen LogP contribution in [0.5, 0.6) is 0 Å². The quantitative estimate of drug-likeness (QED) is 0.488. The molecule has 0 aliphatic rings. The fraction of sp³-hybridized carbons (Fsp3) is 0.0667. The largest absolute Gasteiger partial charge is 0.248 e. The summed E-state index contributed by atoms with van der Waals surface area (Å²) in [5.74, 6) is 0.688. The SMILES string of the molecule is Clc1cccnc1SCc1cc2ccccc2nc1Cl. The lowest BCUT2D eigenvalue weighted by atomic mass is 10.2. The molecule has 100 valence electrons. The number of fused-ring (bicyclic) bond motifs is 1. The Morgan fingerprint density at radius 1 is 1.05 bits per heavy atom. The molecule has 0 bridgehead atoms. The molecule has 1 aromatic carbocycles. The Morgan fingerprint density at radius 3 is 2.75 bits per heavy atom. The van der Waals surface area contributed by atoms with E-state index >= 15 is 0 Å². The van der Waals surface area contributed by atoms with E-state index in [-0.39, 0.29) is 0 Å². The van der Waals surface area contributed by atoms with Gasteiger partial charge >= 0.3 is 0 Å². The summed E-state index contributed by atoms with van der Waals surface area (Å²) in [6.45, 7) is 0. The molecule has 0 radical (unpaired) electrons. The van der Waals surface area contributed by atoms with Crippen LogP contribution in [0.15, 0.2) is 53.7 Å². The van der Waals surface area contributed by atoms with Crippen molar-refractivity contribution in [3.8, 4) is 0 Å². The van der Waals surface area contributed by atoms with E-state index < -0.39 is 0 Å².